The minimum absolute atomic E-state index is 0.318. The Kier molecular flexibility index (Phi) is 3.97. The quantitative estimate of drug-likeness (QED) is 0.562. The zero-order valence-electron chi connectivity index (χ0n) is 10.7. The summed E-state index contributed by atoms with van der Waals surface area (Å²) in [6.07, 6.45) is 0. The number of aromatic nitrogens is 2. The van der Waals surface area contributed by atoms with Crippen molar-refractivity contribution in [2.24, 2.45) is 5.73 Å². The van der Waals surface area contributed by atoms with Gasteiger partial charge in [-0.1, -0.05) is 23.7 Å². The Morgan fingerprint density at radius 1 is 1.21 bits per heavy atom. The van der Waals surface area contributed by atoms with Crippen LogP contribution in [0.1, 0.15) is 11.4 Å². The maximum Gasteiger partial charge on any atom is 0.354 e. The standard InChI is InChI=1S/C13H14ClN5/c1-8-7-9(2)17-13(16-8)19-12(15)18-11-6-4-3-5-10(11)14/h3-7H,1-2H3,(H3,15,16,17,18,19)/p+1. The van der Waals surface area contributed by atoms with Crippen LogP contribution in [0, 0.1) is 13.8 Å². The highest BCUT2D eigenvalue weighted by atomic mass is 35.5. The van der Waals surface area contributed by atoms with Gasteiger partial charge in [-0.25, -0.2) is 4.99 Å². The van der Waals surface area contributed by atoms with Crippen LogP contribution in [-0.2, 0) is 0 Å². The van der Waals surface area contributed by atoms with E-state index in [9.17, 15) is 0 Å². The van der Waals surface area contributed by atoms with Crippen molar-refractivity contribution in [3.8, 4) is 0 Å². The predicted octanol–water partition coefficient (Wildman–Crippen LogP) is 0.886. The van der Waals surface area contributed by atoms with Crippen LogP contribution >= 0.6 is 11.6 Å². The molecule has 5 nitrogen and oxygen atoms in total. The highest BCUT2D eigenvalue weighted by Crippen LogP contribution is 2.19. The third kappa shape index (κ3) is 3.66. The molecule has 2 aromatic rings. The smallest absolute Gasteiger partial charge is 0.322 e. The van der Waals surface area contributed by atoms with Crippen LogP contribution in [0.3, 0.4) is 0 Å². The van der Waals surface area contributed by atoms with Crippen LogP contribution in [0.15, 0.2) is 30.3 Å². The van der Waals surface area contributed by atoms with Crippen molar-refractivity contribution in [2.45, 2.75) is 13.8 Å². The molecule has 0 aliphatic heterocycles. The molecule has 0 aliphatic rings. The number of benzene rings is 1. The molecule has 0 bridgehead atoms. The van der Waals surface area contributed by atoms with E-state index >= 15 is 0 Å². The Labute approximate surface area is 116 Å². The van der Waals surface area contributed by atoms with Crippen LogP contribution in [-0.4, -0.2) is 15.9 Å². The Hall–Kier alpha value is -2.14. The Bertz CT molecular complexity index is 604. The number of para-hydroxylation sites is 1. The number of halogens is 1. The van der Waals surface area contributed by atoms with Crippen LogP contribution in [0.4, 0.5) is 11.6 Å². The summed E-state index contributed by atoms with van der Waals surface area (Å²) in [5.41, 5.74) is 8.33. The number of rotatable bonds is 2. The number of anilines is 1. The fraction of sp³-hybridized carbons (Fsp3) is 0.154. The first kappa shape index (κ1) is 13.3. The summed E-state index contributed by atoms with van der Waals surface area (Å²) in [7, 11) is 0. The summed E-state index contributed by atoms with van der Waals surface area (Å²) >= 11 is 6.03. The summed E-state index contributed by atoms with van der Waals surface area (Å²) < 4.78 is 0. The SMILES string of the molecule is Cc1cc(C)nc([NH+]=C(N)Nc2ccccc2Cl)n1. The number of hydrogen-bond donors (Lipinski definition) is 3. The highest BCUT2D eigenvalue weighted by molar-refractivity contribution is 6.33. The van der Waals surface area contributed by atoms with E-state index in [1.54, 1.807) is 6.07 Å². The van der Waals surface area contributed by atoms with Crippen LogP contribution < -0.4 is 16.0 Å². The molecule has 0 fully saturated rings. The Morgan fingerprint density at radius 3 is 2.47 bits per heavy atom. The van der Waals surface area contributed by atoms with E-state index in [-0.39, 0.29) is 0 Å². The molecule has 1 aromatic carbocycles. The number of nitrogens with two attached hydrogens (primary N) is 1. The second-order valence-corrected chi connectivity index (χ2v) is 4.53. The van der Waals surface area contributed by atoms with E-state index in [1.807, 2.05) is 38.1 Å². The third-order valence-electron chi connectivity index (χ3n) is 2.37. The fourth-order valence-electron chi connectivity index (χ4n) is 1.64. The average Bonchev–Trinajstić information content (AvgIpc) is 2.30. The third-order valence-corrected chi connectivity index (χ3v) is 2.70. The van der Waals surface area contributed by atoms with E-state index in [4.69, 9.17) is 17.3 Å². The summed E-state index contributed by atoms with van der Waals surface area (Å²) in [4.78, 5) is 11.4. The normalized spacial score (nSPS) is 11.4. The van der Waals surface area contributed by atoms with Crippen molar-refractivity contribution in [3.63, 3.8) is 0 Å². The second-order valence-electron chi connectivity index (χ2n) is 4.12. The second kappa shape index (κ2) is 5.67. The van der Waals surface area contributed by atoms with Crippen molar-refractivity contribution in [3.05, 3.63) is 46.7 Å². The molecule has 0 amide bonds. The van der Waals surface area contributed by atoms with Gasteiger partial charge < -0.3 is 5.73 Å². The molecule has 1 heterocycles. The van der Waals surface area contributed by atoms with Gasteiger partial charge in [0.05, 0.1) is 22.1 Å². The van der Waals surface area contributed by atoms with E-state index in [0.29, 0.717) is 16.9 Å². The zero-order valence-corrected chi connectivity index (χ0v) is 11.5. The van der Waals surface area contributed by atoms with Crippen molar-refractivity contribution in [1.29, 1.82) is 0 Å². The first-order valence-electron chi connectivity index (χ1n) is 5.78. The van der Waals surface area contributed by atoms with Gasteiger partial charge in [0.2, 0.25) is 0 Å². The lowest BCUT2D eigenvalue weighted by atomic mass is 10.3. The summed E-state index contributed by atoms with van der Waals surface area (Å²) in [5.74, 6) is 0.771. The molecular formula is C13H15ClN5+. The molecule has 2 rings (SSSR count). The van der Waals surface area contributed by atoms with Crippen LogP contribution in [0.5, 0.6) is 0 Å². The molecule has 19 heavy (non-hydrogen) atoms. The lowest BCUT2D eigenvalue weighted by molar-refractivity contribution is -0.365. The topological polar surface area (TPSA) is 77.8 Å². The number of nitrogens with zero attached hydrogens (tertiary/aromatic N) is 2. The molecule has 0 radical (unpaired) electrons. The Balaban J connectivity index is 2.22. The molecule has 1 aromatic heterocycles. The molecule has 0 aliphatic carbocycles. The van der Waals surface area contributed by atoms with Gasteiger partial charge in [0, 0.05) is 6.07 Å². The van der Waals surface area contributed by atoms with Crippen molar-refractivity contribution in [2.75, 3.05) is 5.32 Å². The first-order chi connectivity index (χ1) is 9.04. The van der Waals surface area contributed by atoms with Gasteiger partial charge in [-0.2, -0.15) is 0 Å². The molecule has 98 valence electrons. The molecule has 4 N–H and O–H groups in total. The van der Waals surface area contributed by atoms with Gasteiger partial charge in [0.15, 0.2) is 0 Å². The highest BCUT2D eigenvalue weighted by Gasteiger charge is 2.07. The van der Waals surface area contributed by atoms with Gasteiger partial charge in [-0.05, 0) is 26.0 Å². The number of hydrogen-bond acceptors (Lipinski definition) is 2. The molecule has 0 saturated heterocycles. The molecule has 6 heteroatoms. The van der Waals surface area contributed by atoms with Gasteiger partial charge in [-0.3, -0.25) is 5.32 Å². The Morgan fingerprint density at radius 2 is 1.84 bits per heavy atom. The van der Waals surface area contributed by atoms with Crippen LogP contribution in [0.2, 0.25) is 5.02 Å². The van der Waals surface area contributed by atoms with Gasteiger partial charge in [0.25, 0.3) is 5.96 Å². The number of aryl methyl sites for hydroxylation is 2. The lowest BCUT2D eigenvalue weighted by Gasteiger charge is -2.03. The molecule has 0 unspecified atom stereocenters. The fourth-order valence-corrected chi connectivity index (χ4v) is 1.82. The zero-order chi connectivity index (χ0) is 13.8. The molecule has 0 saturated carbocycles. The van der Waals surface area contributed by atoms with E-state index in [1.165, 1.54) is 0 Å². The number of guanidine groups is 1. The summed E-state index contributed by atoms with van der Waals surface area (Å²) in [6.45, 7) is 3.80. The minimum atomic E-state index is 0.318. The van der Waals surface area contributed by atoms with Crippen molar-refractivity contribution >= 4 is 29.2 Å². The molecule has 0 atom stereocenters. The van der Waals surface area contributed by atoms with Gasteiger partial charge >= 0.3 is 5.95 Å². The maximum atomic E-state index is 6.03. The van der Waals surface area contributed by atoms with E-state index in [2.05, 4.69) is 20.3 Å². The first-order valence-corrected chi connectivity index (χ1v) is 6.15. The van der Waals surface area contributed by atoms with E-state index in [0.717, 1.165) is 17.1 Å². The summed E-state index contributed by atoms with van der Waals surface area (Å²) in [6, 6.07) is 9.23. The van der Waals surface area contributed by atoms with Crippen molar-refractivity contribution in [1.82, 2.24) is 9.97 Å². The molecular weight excluding hydrogens is 262 g/mol. The minimum Gasteiger partial charge on any atom is -0.322 e. The summed E-state index contributed by atoms with van der Waals surface area (Å²) in [5, 5.41) is 3.56. The monoisotopic (exact) mass is 276 g/mol. The van der Waals surface area contributed by atoms with E-state index < -0.39 is 0 Å². The predicted molar refractivity (Wildman–Crippen MR) is 76.4 cm³/mol. The molecule has 0 spiro atoms. The van der Waals surface area contributed by atoms with Gasteiger partial charge in [-0.15, -0.1) is 9.97 Å². The largest absolute Gasteiger partial charge is 0.354 e. The average molecular weight is 277 g/mol. The van der Waals surface area contributed by atoms with Crippen LogP contribution in [0.25, 0.3) is 0 Å². The lowest BCUT2D eigenvalue weighted by Crippen LogP contribution is -2.72. The number of nitrogens with one attached hydrogen (secondary N) is 2. The van der Waals surface area contributed by atoms with Crippen molar-refractivity contribution < 1.29 is 4.99 Å². The van der Waals surface area contributed by atoms with Gasteiger partial charge in [0.1, 0.15) is 0 Å². The maximum absolute atomic E-state index is 6.03.